The van der Waals surface area contributed by atoms with Gasteiger partial charge in [0.15, 0.2) is 0 Å². The summed E-state index contributed by atoms with van der Waals surface area (Å²) in [5.74, 6) is 0.622. The Morgan fingerprint density at radius 1 is 1.50 bits per heavy atom. The largest absolute Gasteiger partial charge is 0.490 e. The highest BCUT2D eigenvalue weighted by Gasteiger charge is 1.99. The molecule has 66 valence electrons. The highest BCUT2D eigenvalue weighted by atomic mass is 35.5. The van der Waals surface area contributed by atoms with Gasteiger partial charge in [-0.15, -0.1) is 0 Å². The van der Waals surface area contributed by atoms with Crippen molar-refractivity contribution in [2.75, 3.05) is 13.2 Å². The Morgan fingerprint density at radius 2 is 2.25 bits per heavy atom. The molecule has 2 nitrogen and oxygen atoms in total. The first-order valence-corrected chi connectivity index (χ1v) is 4.11. The van der Waals surface area contributed by atoms with Crippen LogP contribution in [0.5, 0.6) is 5.75 Å². The minimum Gasteiger partial charge on any atom is -0.490 e. The molecule has 0 aliphatic heterocycles. The van der Waals surface area contributed by atoms with Crippen LogP contribution in [0, 0.1) is 6.92 Å². The minimum atomic E-state index is 0.00417. The van der Waals surface area contributed by atoms with Crippen LogP contribution < -0.4 is 4.74 Å². The molecule has 0 amide bonds. The second kappa shape index (κ2) is 4.33. The maximum atomic E-state index is 8.50. The second-order valence-electron chi connectivity index (χ2n) is 2.51. The summed E-state index contributed by atoms with van der Waals surface area (Å²) >= 11 is 5.86. The average molecular weight is 187 g/mol. The van der Waals surface area contributed by atoms with Crippen LogP contribution in [0.3, 0.4) is 0 Å². The third-order valence-electron chi connectivity index (χ3n) is 1.44. The van der Waals surface area contributed by atoms with Crippen molar-refractivity contribution in [2.24, 2.45) is 0 Å². The average Bonchev–Trinajstić information content (AvgIpc) is 2.03. The lowest BCUT2D eigenvalue weighted by Crippen LogP contribution is -2.01. The molecule has 0 unspecified atom stereocenters. The van der Waals surface area contributed by atoms with Crippen LogP contribution in [-0.2, 0) is 0 Å². The van der Waals surface area contributed by atoms with E-state index in [1.54, 1.807) is 6.07 Å². The smallest absolute Gasteiger partial charge is 0.138 e. The Labute approximate surface area is 76.7 Å². The molecule has 0 fully saturated rings. The molecule has 0 aliphatic rings. The number of aryl methyl sites for hydroxylation is 1. The maximum absolute atomic E-state index is 8.50. The molecule has 0 aliphatic carbocycles. The number of rotatable bonds is 3. The van der Waals surface area contributed by atoms with Gasteiger partial charge in [-0.1, -0.05) is 17.7 Å². The van der Waals surface area contributed by atoms with Crippen LogP contribution in [0.4, 0.5) is 0 Å². The van der Waals surface area contributed by atoms with Gasteiger partial charge in [0.25, 0.3) is 0 Å². The summed E-state index contributed by atoms with van der Waals surface area (Å²) in [5.41, 5.74) is 1.09. The number of ether oxygens (including phenoxy) is 1. The van der Waals surface area contributed by atoms with E-state index < -0.39 is 0 Å². The molecule has 3 heteroatoms. The molecule has 0 bridgehead atoms. The zero-order chi connectivity index (χ0) is 8.97. The minimum absolute atomic E-state index is 0.00417. The van der Waals surface area contributed by atoms with Crippen molar-refractivity contribution in [3.05, 3.63) is 28.8 Å². The Kier molecular flexibility index (Phi) is 3.38. The second-order valence-corrected chi connectivity index (χ2v) is 2.91. The number of benzene rings is 1. The Morgan fingerprint density at radius 3 is 2.83 bits per heavy atom. The van der Waals surface area contributed by atoms with Gasteiger partial charge >= 0.3 is 0 Å². The maximum Gasteiger partial charge on any atom is 0.138 e. The van der Waals surface area contributed by atoms with Crippen molar-refractivity contribution >= 4 is 11.6 Å². The quantitative estimate of drug-likeness (QED) is 0.783. The molecule has 1 N–H and O–H groups in total. The lowest BCUT2D eigenvalue weighted by Gasteiger charge is -2.06. The predicted molar refractivity (Wildman–Crippen MR) is 48.8 cm³/mol. The van der Waals surface area contributed by atoms with Gasteiger partial charge in [0.05, 0.1) is 11.6 Å². The predicted octanol–water partition coefficient (Wildman–Crippen LogP) is 2.02. The molecular weight excluding hydrogens is 176 g/mol. The van der Waals surface area contributed by atoms with Crippen LogP contribution in [0.2, 0.25) is 5.02 Å². The van der Waals surface area contributed by atoms with Crippen LogP contribution >= 0.6 is 11.6 Å². The van der Waals surface area contributed by atoms with Crippen molar-refractivity contribution in [3.63, 3.8) is 0 Å². The molecule has 0 aromatic heterocycles. The normalized spacial score (nSPS) is 9.92. The van der Waals surface area contributed by atoms with E-state index in [0.29, 0.717) is 10.8 Å². The highest BCUT2D eigenvalue weighted by molar-refractivity contribution is 6.32. The third kappa shape index (κ3) is 2.40. The SMILES string of the molecule is Cc1ccc(OCCO)c(Cl)c1. The molecule has 1 rings (SSSR count). The van der Waals surface area contributed by atoms with Gasteiger partial charge in [-0.25, -0.2) is 0 Å². The third-order valence-corrected chi connectivity index (χ3v) is 1.73. The molecule has 0 heterocycles. The van der Waals surface area contributed by atoms with Crippen LogP contribution in [-0.4, -0.2) is 18.3 Å². The number of aliphatic hydroxyl groups excluding tert-OH is 1. The van der Waals surface area contributed by atoms with Gasteiger partial charge in [0, 0.05) is 0 Å². The van der Waals surface area contributed by atoms with Crippen molar-refractivity contribution in [2.45, 2.75) is 6.92 Å². The zero-order valence-electron chi connectivity index (χ0n) is 6.88. The van der Waals surface area contributed by atoms with Crippen molar-refractivity contribution < 1.29 is 9.84 Å². The Balaban J connectivity index is 2.72. The van der Waals surface area contributed by atoms with E-state index in [-0.39, 0.29) is 13.2 Å². The van der Waals surface area contributed by atoms with E-state index in [9.17, 15) is 0 Å². The number of halogens is 1. The summed E-state index contributed by atoms with van der Waals surface area (Å²) < 4.78 is 5.16. The fourth-order valence-corrected chi connectivity index (χ4v) is 1.17. The van der Waals surface area contributed by atoms with E-state index in [0.717, 1.165) is 5.56 Å². The number of hydrogen-bond donors (Lipinski definition) is 1. The van der Waals surface area contributed by atoms with Crippen LogP contribution in [0.15, 0.2) is 18.2 Å². The summed E-state index contributed by atoms with van der Waals surface area (Å²) in [6.07, 6.45) is 0. The first-order valence-electron chi connectivity index (χ1n) is 3.74. The van der Waals surface area contributed by atoms with Crippen molar-refractivity contribution in [3.8, 4) is 5.75 Å². The van der Waals surface area contributed by atoms with Crippen molar-refractivity contribution in [1.82, 2.24) is 0 Å². The van der Waals surface area contributed by atoms with Gasteiger partial charge in [-0.3, -0.25) is 0 Å². The van der Waals surface area contributed by atoms with E-state index in [4.69, 9.17) is 21.4 Å². The van der Waals surface area contributed by atoms with Gasteiger partial charge in [0.1, 0.15) is 12.4 Å². The molecule has 0 atom stereocenters. The van der Waals surface area contributed by atoms with Crippen LogP contribution in [0.25, 0.3) is 0 Å². The van der Waals surface area contributed by atoms with Gasteiger partial charge < -0.3 is 9.84 Å². The van der Waals surface area contributed by atoms with E-state index in [1.165, 1.54) is 0 Å². The fourth-order valence-electron chi connectivity index (χ4n) is 0.879. The number of hydrogen-bond acceptors (Lipinski definition) is 2. The molecule has 1 aromatic rings. The zero-order valence-corrected chi connectivity index (χ0v) is 7.64. The fraction of sp³-hybridized carbons (Fsp3) is 0.333. The molecule has 0 saturated heterocycles. The van der Waals surface area contributed by atoms with E-state index in [2.05, 4.69) is 0 Å². The topological polar surface area (TPSA) is 29.5 Å². The molecule has 1 aromatic carbocycles. The summed E-state index contributed by atoms with van der Waals surface area (Å²) in [7, 11) is 0. The standard InChI is InChI=1S/C9H11ClO2/c1-7-2-3-9(8(10)6-7)12-5-4-11/h2-3,6,11H,4-5H2,1H3. The van der Waals surface area contributed by atoms with Gasteiger partial charge in [-0.2, -0.15) is 0 Å². The monoisotopic (exact) mass is 186 g/mol. The Hall–Kier alpha value is -0.730. The highest BCUT2D eigenvalue weighted by Crippen LogP contribution is 2.24. The lowest BCUT2D eigenvalue weighted by molar-refractivity contribution is 0.201. The summed E-state index contributed by atoms with van der Waals surface area (Å²) in [6, 6.07) is 5.54. The van der Waals surface area contributed by atoms with Gasteiger partial charge in [-0.05, 0) is 24.6 Å². The Bertz CT molecular complexity index is 261. The van der Waals surface area contributed by atoms with Crippen LogP contribution in [0.1, 0.15) is 5.56 Å². The summed E-state index contributed by atoms with van der Waals surface area (Å²) in [4.78, 5) is 0. The first kappa shape index (κ1) is 9.36. The molecule has 0 spiro atoms. The first-order chi connectivity index (χ1) is 5.74. The van der Waals surface area contributed by atoms with E-state index in [1.807, 2.05) is 19.1 Å². The van der Waals surface area contributed by atoms with E-state index >= 15 is 0 Å². The summed E-state index contributed by atoms with van der Waals surface area (Å²) in [6.45, 7) is 2.24. The van der Waals surface area contributed by atoms with Gasteiger partial charge in [0.2, 0.25) is 0 Å². The molecular formula is C9H11ClO2. The summed E-state index contributed by atoms with van der Waals surface area (Å²) in [5, 5.41) is 9.09. The molecule has 12 heavy (non-hydrogen) atoms. The molecule has 0 saturated carbocycles. The number of aliphatic hydroxyl groups is 1. The molecule has 0 radical (unpaired) electrons. The van der Waals surface area contributed by atoms with Crippen molar-refractivity contribution in [1.29, 1.82) is 0 Å². The lowest BCUT2D eigenvalue weighted by atomic mass is 10.2.